The number of hydrogen-bond donors (Lipinski definition) is 1. The van der Waals surface area contributed by atoms with Gasteiger partial charge in [-0.1, -0.05) is 116 Å². The van der Waals surface area contributed by atoms with Crippen molar-refractivity contribution in [3.63, 3.8) is 0 Å². The van der Waals surface area contributed by atoms with E-state index in [9.17, 15) is 42.7 Å². The van der Waals surface area contributed by atoms with Gasteiger partial charge >= 0.3 is 35.8 Å². The van der Waals surface area contributed by atoms with E-state index in [1.165, 1.54) is 102 Å². The van der Waals surface area contributed by atoms with Crippen LogP contribution in [0.1, 0.15) is 309 Å². The van der Waals surface area contributed by atoms with Gasteiger partial charge in [-0.3, -0.25) is 28.8 Å². The van der Waals surface area contributed by atoms with E-state index in [-0.39, 0.29) is 87.0 Å². The van der Waals surface area contributed by atoms with Crippen molar-refractivity contribution in [2.24, 2.45) is 62.6 Å². The van der Waals surface area contributed by atoms with Crippen molar-refractivity contribution < 1.29 is 75.8 Å². The van der Waals surface area contributed by atoms with Gasteiger partial charge in [-0.05, 0) is 332 Å². The van der Waals surface area contributed by atoms with Gasteiger partial charge < -0.3 is 38.3 Å². The molecule has 117 heavy (non-hydrogen) atoms. The first-order chi connectivity index (χ1) is 54.8. The number of cyclic esters (lactones) is 1. The zero-order chi connectivity index (χ0) is 86.2. The number of aromatic hydroxyl groups is 1. The summed E-state index contributed by atoms with van der Waals surface area (Å²) in [6.07, 6.45) is 20.7. The number of alkyl halides is 2. The standard InChI is InChI=1S/C21H32F2O4.C18H30O2.C18H13S.C17H26O.C14H20O3.C12H20O4/c1-6-18(3,4)16(24)27-21-10-14-7-15(11-21)9-20(8-14,12-21)17(25)26-13(2)19(5,22)23;1-5-17(3,4)16(19)20-18(6-2)11-12-10-15(18)14-9-7-8-13(12)14;1-2-8-14(9-3-1)19-17-12-6-4-10-15(17)16-11-5-7-13-18(16)19;1-4-14(2)15-8-10-16(11-9-15)18-17(3)12-6-5-7-13-17;1-6-14(4,5)13(16)17-11-7-9(2)12(15)10(3)8-11;1-6-11(3,4)10(14)16-12(5)7-9(13)15-8(12)2/h13-15H,6-12H2,1-5H3;12-15H,5-11H2,1-4H3;1-13H;8-11,14H,4-7,12-13H2,1-3H3;7-8,15H,6H2,1-5H3;8H,6-7H2,1-5H3/q;;+1;;;. The first-order valence-corrected chi connectivity index (χ1v) is 45.3. The molecule has 11 atom stereocenters. The molecule has 1 N–H and O–H groups in total. The lowest BCUT2D eigenvalue weighted by Gasteiger charge is -2.60. The monoisotopic (exact) mass is 1640 g/mol. The van der Waals surface area contributed by atoms with Crippen LogP contribution in [0, 0.1) is 76.4 Å². The van der Waals surface area contributed by atoms with E-state index < -0.39 is 50.9 Å². The third-order valence-corrected chi connectivity index (χ3v) is 30.8. The van der Waals surface area contributed by atoms with Gasteiger partial charge in [0.1, 0.15) is 40.2 Å². The Labute approximate surface area is 701 Å². The SMILES string of the molecule is CCC(C)(C)C(=O)OC1(C)CC(=O)OC1C.CCC(C)(C)C(=O)OC1(CC)CC2CC1C1CCCC21.CCC(C)(C)C(=O)OC12CC3CC(C1)CC(C(=O)OC(C)C(C)(F)F)(C3)C2.CCC(C)(C)C(=O)Oc1cc(C)c(O)c(C)c1.CCC(C)c1ccc(OC2(C)CCCCC2)cc1.c1ccc(-[s+]2c3ccccc3c3ccccc32)cc1. The Balaban J connectivity index is 0.000000162. The highest BCUT2D eigenvalue weighted by molar-refractivity contribution is 7.50. The minimum atomic E-state index is -3.08. The number of fused-ring (bicyclic) bond motifs is 8. The first kappa shape index (κ1) is 93.5. The second kappa shape index (κ2) is 37.7. The number of rotatable bonds is 21. The normalized spacial score (nSPS) is 26.4. The van der Waals surface area contributed by atoms with Crippen LogP contribution in [0.2, 0.25) is 0 Å². The van der Waals surface area contributed by atoms with Gasteiger partial charge in [0.25, 0.3) is 5.92 Å². The summed E-state index contributed by atoms with van der Waals surface area (Å²) in [6, 6.07) is 40.5. The molecule has 1 aliphatic heterocycles. The first-order valence-electron chi connectivity index (χ1n) is 44.1. The summed E-state index contributed by atoms with van der Waals surface area (Å²) in [5, 5.41) is 12.4. The number of hydrogen-bond acceptors (Lipinski definition) is 14. The number of thiophene rings is 1. The smallest absolute Gasteiger partial charge is 0.316 e. The van der Waals surface area contributed by atoms with Crippen molar-refractivity contribution in [3.8, 4) is 22.1 Å². The second-order valence-corrected chi connectivity index (χ2v) is 41.0. The predicted molar refractivity (Wildman–Crippen MR) is 465 cm³/mol. The number of aryl methyl sites for hydroxylation is 2. The van der Waals surface area contributed by atoms with Crippen molar-refractivity contribution >= 4 is 66.5 Å². The summed E-state index contributed by atoms with van der Waals surface area (Å²) in [6.45, 7) is 41.1. The molecule has 9 fully saturated rings. The summed E-state index contributed by atoms with van der Waals surface area (Å²) in [5.41, 5.74) is -1.40. The Morgan fingerprint density at radius 3 is 1.58 bits per heavy atom. The fraction of sp³-hybridized carbons (Fsp3) is 0.640. The molecular formula is C100H141F2O14S+. The van der Waals surface area contributed by atoms with E-state index in [1.54, 1.807) is 39.8 Å². The van der Waals surface area contributed by atoms with Crippen LogP contribution in [0.4, 0.5) is 8.78 Å². The molecule has 8 saturated carbocycles. The minimum absolute atomic E-state index is 0.0314. The van der Waals surface area contributed by atoms with Crippen LogP contribution in [0.3, 0.4) is 0 Å². The van der Waals surface area contributed by atoms with E-state index in [1.807, 2.05) is 76.2 Å². The quantitative estimate of drug-likeness (QED) is 0.0310. The molecule has 2 heterocycles. The molecule has 15 rings (SSSR count). The second-order valence-electron chi connectivity index (χ2n) is 39.0. The molecule has 1 saturated heterocycles. The van der Waals surface area contributed by atoms with E-state index >= 15 is 0 Å². The molecule has 11 unspecified atom stereocenters. The molecule has 0 spiro atoms. The minimum Gasteiger partial charge on any atom is -0.507 e. The number of phenolic OH excluding ortho intramolecular Hbond substituents is 1. The average molecular weight is 1640 g/mol. The van der Waals surface area contributed by atoms with Crippen molar-refractivity contribution in [3.05, 3.63) is 132 Å². The molecule has 6 bridgehead atoms. The maximum absolute atomic E-state index is 13.5. The molecule has 0 radical (unpaired) electrons. The molecule has 9 aliphatic rings. The zero-order valence-corrected chi connectivity index (χ0v) is 75.7. The predicted octanol–water partition coefficient (Wildman–Crippen LogP) is 25.9. The van der Waals surface area contributed by atoms with Gasteiger partial charge in [0, 0.05) is 40.5 Å². The Kier molecular flexibility index (Phi) is 30.1. The van der Waals surface area contributed by atoms with E-state index in [2.05, 4.69) is 138 Å². The van der Waals surface area contributed by atoms with Gasteiger partial charge in [-0.2, -0.15) is 0 Å². The van der Waals surface area contributed by atoms with Crippen LogP contribution in [0.15, 0.2) is 115 Å². The molecular weight excluding hydrogens is 1500 g/mol. The number of esters is 6. The van der Waals surface area contributed by atoms with Crippen molar-refractivity contribution in [1.29, 1.82) is 0 Å². The van der Waals surface area contributed by atoms with Crippen LogP contribution >= 0.6 is 10.5 Å². The molecule has 0 amide bonds. The molecule has 17 heteroatoms. The fourth-order valence-corrected chi connectivity index (χ4v) is 21.3. The van der Waals surface area contributed by atoms with Crippen LogP contribution in [0.25, 0.3) is 25.1 Å². The molecule has 8 aliphatic carbocycles. The summed E-state index contributed by atoms with van der Waals surface area (Å²) >= 11 is 0. The summed E-state index contributed by atoms with van der Waals surface area (Å²) in [7, 11) is 0.0594. The highest BCUT2D eigenvalue weighted by Gasteiger charge is 2.65. The Bertz CT molecular complexity index is 4300. The van der Waals surface area contributed by atoms with Gasteiger partial charge in [-0.25, -0.2) is 8.78 Å². The van der Waals surface area contributed by atoms with Crippen molar-refractivity contribution in [2.75, 3.05) is 0 Å². The van der Waals surface area contributed by atoms with E-state index in [4.69, 9.17) is 33.2 Å². The fourth-order valence-electron chi connectivity index (χ4n) is 18.9. The number of carbonyl (C=O) groups excluding carboxylic acids is 6. The highest BCUT2D eigenvalue weighted by atomic mass is 32.2. The molecule has 644 valence electrons. The largest absolute Gasteiger partial charge is 0.507 e. The molecule has 14 nitrogen and oxygen atoms in total. The van der Waals surface area contributed by atoms with Crippen LogP contribution in [0.5, 0.6) is 17.2 Å². The van der Waals surface area contributed by atoms with Gasteiger partial charge in [-0.15, -0.1) is 0 Å². The number of phenols is 1. The Hall–Kier alpha value is -7.40. The third kappa shape index (κ3) is 21.9. The van der Waals surface area contributed by atoms with Gasteiger partial charge in [0.05, 0.1) is 33.5 Å². The van der Waals surface area contributed by atoms with E-state index in [0.29, 0.717) is 60.8 Å². The maximum atomic E-state index is 13.5. The third-order valence-electron chi connectivity index (χ3n) is 28.5. The molecule has 1 aromatic heterocycles. The van der Waals surface area contributed by atoms with Crippen LogP contribution in [-0.4, -0.2) is 81.5 Å². The number of halogens is 2. The summed E-state index contributed by atoms with van der Waals surface area (Å²) in [5.74, 6) is 1.64. The Morgan fingerprint density at radius 1 is 0.590 bits per heavy atom. The lowest BCUT2D eigenvalue weighted by Crippen LogP contribution is -2.61. The van der Waals surface area contributed by atoms with Crippen molar-refractivity contribution in [2.45, 2.75) is 346 Å². The van der Waals surface area contributed by atoms with Gasteiger partial charge in [0.2, 0.25) is 0 Å². The number of carbonyl (C=O) groups is 6. The number of benzene rings is 5. The highest BCUT2D eigenvalue weighted by Crippen LogP contribution is 2.66. The molecule has 6 aromatic rings. The maximum Gasteiger partial charge on any atom is 0.316 e. The molecule has 5 aromatic carbocycles. The van der Waals surface area contributed by atoms with Gasteiger partial charge in [0.15, 0.2) is 26.0 Å². The van der Waals surface area contributed by atoms with Crippen molar-refractivity contribution in [1.82, 2.24) is 0 Å². The zero-order valence-electron chi connectivity index (χ0n) is 74.8. The number of ether oxygens (including phenoxy) is 7. The van der Waals surface area contributed by atoms with Crippen LogP contribution < -0.4 is 9.47 Å². The lowest BCUT2D eigenvalue weighted by atomic mass is 9.48. The van der Waals surface area contributed by atoms with E-state index in [0.717, 1.165) is 75.4 Å². The summed E-state index contributed by atoms with van der Waals surface area (Å²) in [4.78, 5) is 74.6. The topological polar surface area (TPSA) is 187 Å². The van der Waals surface area contributed by atoms with Crippen LogP contribution in [-0.2, 0) is 52.5 Å². The lowest BCUT2D eigenvalue weighted by molar-refractivity contribution is -0.224. The summed E-state index contributed by atoms with van der Waals surface area (Å²) < 4.78 is 69.4. The Morgan fingerprint density at radius 2 is 1.09 bits per heavy atom. The average Bonchev–Trinajstić information content (AvgIpc) is 1.69.